The van der Waals surface area contributed by atoms with Crippen LogP contribution in [0, 0.1) is 0 Å². The second-order valence-corrected chi connectivity index (χ2v) is 3.10. The summed E-state index contributed by atoms with van der Waals surface area (Å²) in [5.74, 6) is 0. The van der Waals surface area contributed by atoms with E-state index in [4.69, 9.17) is 20.1 Å². The first kappa shape index (κ1) is 10.8. The highest BCUT2D eigenvalue weighted by atomic mass is 16.5. The molecule has 0 bridgehead atoms. The second kappa shape index (κ2) is 4.32. The minimum Gasteiger partial charge on any atom is -0.394 e. The molecule has 0 aliphatic carbocycles. The predicted octanol–water partition coefficient (Wildman–Crippen LogP) is -3.18. The van der Waals surface area contributed by atoms with Crippen molar-refractivity contribution in [3.63, 3.8) is 0 Å². The average molecular weight is 194 g/mol. The summed E-state index contributed by atoms with van der Waals surface area (Å²) in [6, 6.07) is 0. The van der Waals surface area contributed by atoms with E-state index in [0.717, 1.165) is 0 Å². The smallest absolute Gasteiger partial charge is 0.115 e. The van der Waals surface area contributed by atoms with Gasteiger partial charge in [0.1, 0.15) is 30.5 Å². The molecule has 0 amide bonds. The van der Waals surface area contributed by atoms with Crippen molar-refractivity contribution in [2.45, 2.75) is 30.5 Å². The molecule has 1 saturated heterocycles. The van der Waals surface area contributed by atoms with Crippen LogP contribution in [0.5, 0.6) is 0 Å². The van der Waals surface area contributed by atoms with Gasteiger partial charge in [0, 0.05) is 0 Å². The topological polar surface area (TPSA) is 110 Å². The molecule has 5 atom stereocenters. The minimum absolute atomic E-state index is 0.0823. The number of rotatable bonds is 3. The molecule has 0 spiro atoms. The third-order valence-corrected chi connectivity index (χ3v) is 2.11. The van der Waals surface area contributed by atoms with Gasteiger partial charge in [-0.2, -0.15) is 0 Å². The van der Waals surface area contributed by atoms with E-state index in [1.54, 1.807) is 0 Å². The van der Waals surface area contributed by atoms with Gasteiger partial charge in [-0.05, 0) is 0 Å². The SMILES string of the molecule is OCC(O)C(O)C1OCC(O)C1O. The van der Waals surface area contributed by atoms with Crippen LogP contribution in [0.25, 0.3) is 0 Å². The van der Waals surface area contributed by atoms with Gasteiger partial charge in [-0.3, -0.25) is 0 Å². The van der Waals surface area contributed by atoms with Crippen molar-refractivity contribution in [2.24, 2.45) is 0 Å². The van der Waals surface area contributed by atoms with E-state index >= 15 is 0 Å². The number of ether oxygens (including phenoxy) is 1. The maximum absolute atomic E-state index is 9.30. The summed E-state index contributed by atoms with van der Waals surface area (Å²) in [4.78, 5) is 0. The molecular formula is C7H14O6. The molecule has 0 aromatic carbocycles. The van der Waals surface area contributed by atoms with Crippen molar-refractivity contribution < 1.29 is 30.3 Å². The summed E-state index contributed by atoms with van der Waals surface area (Å²) in [7, 11) is 0. The number of aliphatic hydroxyl groups excluding tert-OH is 5. The molecule has 78 valence electrons. The van der Waals surface area contributed by atoms with E-state index in [0.29, 0.717) is 0 Å². The zero-order valence-corrected chi connectivity index (χ0v) is 6.95. The monoisotopic (exact) mass is 194 g/mol. The van der Waals surface area contributed by atoms with Gasteiger partial charge in [-0.15, -0.1) is 0 Å². The van der Waals surface area contributed by atoms with Crippen LogP contribution in [-0.2, 0) is 4.74 Å². The second-order valence-electron chi connectivity index (χ2n) is 3.10. The zero-order chi connectivity index (χ0) is 10.0. The van der Waals surface area contributed by atoms with E-state index in [-0.39, 0.29) is 6.61 Å². The van der Waals surface area contributed by atoms with Crippen molar-refractivity contribution in [3.05, 3.63) is 0 Å². The van der Waals surface area contributed by atoms with Crippen LogP contribution in [0.1, 0.15) is 0 Å². The fourth-order valence-electron chi connectivity index (χ4n) is 1.25. The van der Waals surface area contributed by atoms with Crippen LogP contribution in [0.3, 0.4) is 0 Å². The minimum atomic E-state index is -1.39. The normalized spacial score (nSPS) is 39.0. The van der Waals surface area contributed by atoms with E-state index in [2.05, 4.69) is 0 Å². The lowest BCUT2D eigenvalue weighted by Crippen LogP contribution is -2.46. The molecule has 1 rings (SSSR count). The fourth-order valence-corrected chi connectivity index (χ4v) is 1.25. The summed E-state index contributed by atoms with van der Waals surface area (Å²) >= 11 is 0. The van der Waals surface area contributed by atoms with E-state index in [1.807, 2.05) is 0 Å². The quantitative estimate of drug-likeness (QED) is 0.324. The van der Waals surface area contributed by atoms with E-state index < -0.39 is 37.1 Å². The molecule has 1 aliphatic rings. The third kappa shape index (κ3) is 2.16. The lowest BCUT2D eigenvalue weighted by Gasteiger charge is -2.23. The molecule has 0 radical (unpaired) electrons. The van der Waals surface area contributed by atoms with Gasteiger partial charge in [0.2, 0.25) is 0 Å². The van der Waals surface area contributed by atoms with Crippen molar-refractivity contribution in [2.75, 3.05) is 13.2 Å². The Hall–Kier alpha value is -0.240. The molecule has 1 aliphatic heterocycles. The molecule has 0 aromatic rings. The van der Waals surface area contributed by atoms with E-state index in [9.17, 15) is 10.2 Å². The Morgan fingerprint density at radius 3 is 2.31 bits per heavy atom. The zero-order valence-electron chi connectivity index (χ0n) is 6.95. The first-order chi connectivity index (χ1) is 6.07. The van der Waals surface area contributed by atoms with Crippen LogP contribution >= 0.6 is 0 Å². The Kier molecular flexibility index (Phi) is 3.60. The first-order valence-electron chi connectivity index (χ1n) is 4.02. The average Bonchev–Trinajstić information content (AvgIpc) is 2.45. The summed E-state index contributed by atoms with van der Waals surface area (Å²) in [5, 5.41) is 45.1. The van der Waals surface area contributed by atoms with Crippen LogP contribution in [-0.4, -0.2) is 69.3 Å². The van der Waals surface area contributed by atoms with Gasteiger partial charge in [0.25, 0.3) is 0 Å². The number of hydrogen-bond donors (Lipinski definition) is 5. The van der Waals surface area contributed by atoms with Gasteiger partial charge in [0.05, 0.1) is 13.2 Å². The molecule has 0 saturated carbocycles. The summed E-state index contributed by atoms with van der Waals surface area (Å²) < 4.78 is 4.84. The Balaban J connectivity index is 2.52. The van der Waals surface area contributed by atoms with Crippen LogP contribution < -0.4 is 0 Å². The fraction of sp³-hybridized carbons (Fsp3) is 1.00. The molecule has 6 nitrogen and oxygen atoms in total. The van der Waals surface area contributed by atoms with Crippen molar-refractivity contribution in [1.29, 1.82) is 0 Å². The van der Waals surface area contributed by atoms with Crippen molar-refractivity contribution >= 4 is 0 Å². The van der Waals surface area contributed by atoms with Gasteiger partial charge in [-0.1, -0.05) is 0 Å². The summed E-state index contributed by atoms with van der Waals surface area (Å²) in [5.41, 5.74) is 0. The highest BCUT2D eigenvalue weighted by molar-refractivity contribution is 4.90. The Bertz CT molecular complexity index is 163. The summed E-state index contributed by atoms with van der Waals surface area (Å²) in [6.07, 6.45) is -6.08. The van der Waals surface area contributed by atoms with Gasteiger partial charge < -0.3 is 30.3 Å². The molecule has 5 unspecified atom stereocenters. The molecule has 1 heterocycles. The first-order valence-corrected chi connectivity index (χ1v) is 4.02. The highest BCUT2D eigenvalue weighted by Crippen LogP contribution is 2.19. The van der Waals surface area contributed by atoms with E-state index in [1.165, 1.54) is 0 Å². The lowest BCUT2D eigenvalue weighted by molar-refractivity contribution is -0.109. The van der Waals surface area contributed by atoms with Gasteiger partial charge >= 0.3 is 0 Å². The van der Waals surface area contributed by atoms with Crippen LogP contribution in [0.2, 0.25) is 0 Å². The molecule has 5 N–H and O–H groups in total. The molecule has 13 heavy (non-hydrogen) atoms. The lowest BCUT2D eigenvalue weighted by atomic mass is 10.0. The van der Waals surface area contributed by atoms with Crippen LogP contribution in [0.15, 0.2) is 0 Å². The molecule has 6 heteroatoms. The van der Waals surface area contributed by atoms with Crippen molar-refractivity contribution in [1.82, 2.24) is 0 Å². The third-order valence-electron chi connectivity index (χ3n) is 2.11. The van der Waals surface area contributed by atoms with Gasteiger partial charge in [0.15, 0.2) is 0 Å². The summed E-state index contributed by atoms with van der Waals surface area (Å²) in [6.45, 7) is -0.703. The maximum Gasteiger partial charge on any atom is 0.115 e. The largest absolute Gasteiger partial charge is 0.394 e. The molecular weight excluding hydrogens is 180 g/mol. The highest BCUT2D eigenvalue weighted by Gasteiger charge is 2.41. The molecule has 0 aromatic heterocycles. The van der Waals surface area contributed by atoms with Crippen LogP contribution in [0.4, 0.5) is 0 Å². The molecule has 1 fully saturated rings. The number of aliphatic hydroxyl groups is 5. The predicted molar refractivity (Wildman–Crippen MR) is 40.9 cm³/mol. The Morgan fingerprint density at radius 1 is 1.31 bits per heavy atom. The Morgan fingerprint density at radius 2 is 1.92 bits per heavy atom. The maximum atomic E-state index is 9.30. The van der Waals surface area contributed by atoms with Crippen molar-refractivity contribution in [3.8, 4) is 0 Å². The number of hydrogen-bond acceptors (Lipinski definition) is 6. The van der Waals surface area contributed by atoms with Gasteiger partial charge in [-0.25, -0.2) is 0 Å². The standard InChI is InChI=1S/C7H14O6/c8-1-3(9)5(11)7-6(12)4(10)2-13-7/h3-12H,1-2H2. The Labute approximate surface area is 75.0 Å².